The molecule has 2 heteroatoms. The van der Waals surface area contributed by atoms with Gasteiger partial charge in [0.2, 0.25) is 0 Å². The summed E-state index contributed by atoms with van der Waals surface area (Å²) in [5, 5.41) is 0. The van der Waals surface area contributed by atoms with Gasteiger partial charge < -0.3 is 0 Å². The molecule has 0 N–H and O–H groups in total. The second kappa shape index (κ2) is 2.29. The zero-order valence-electron chi connectivity index (χ0n) is 7.09. The van der Waals surface area contributed by atoms with Crippen molar-refractivity contribution in [1.82, 2.24) is 4.98 Å². The molecule has 2 heterocycles. The third kappa shape index (κ3) is 1.02. The molecular weight excluding hydrogens is 136 g/mol. The van der Waals surface area contributed by atoms with Crippen LogP contribution in [-0.4, -0.2) is 4.98 Å². The van der Waals surface area contributed by atoms with E-state index < -0.39 is 0 Å². The minimum Gasteiger partial charge on any atom is -0.232 e. The highest BCUT2D eigenvalue weighted by Crippen LogP contribution is 2.06. The number of rotatable bonds is 0. The molecule has 2 nitrogen and oxygen atoms in total. The maximum atomic E-state index is 4.48. The fraction of sp³-hybridized carbons (Fsp3) is 0.556. The number of aromatic nitrogens is 2. The van der Waals surface area contributed by atoms with Crippen LogP contribution in [0.5, 0.6) is 0 Å². The average molecular weight is 149 g/mol. The lowest BCUT2D eigenvalue weighted by Crippen LogP contribution is -2.37. The van der Waals surface area contributed by atoms with Gasteiger partial charge in [-0.15, -0.1) is 0 Å². The monoisotopic (exact) mass is 149 g/mol. The van der Waals surface area contributed by atoms with Crippen LogP contribution in [-0.2, 0) is 13.0 Å². The molecule has 0 aromatic carbocycles. The second-order valence-electron chi connectivity index (χ2n) is 3.21. The predicted octanol–water partition coefficient (Wildman–Crippen LogP) is 0.932. The van der Waals surface area contributed by atoms with Crippen LogP contribution in [0.25, 0.3) is 0 Å². The zero-order chi connectivity index (χ0) is 7.84. The lowest BCUT2D eigenvalue weighted by atomic mass is 10.3. The van der Waals surface area contributed by atoms with E-state index in [1.807, 2.05) is 0 Å². The molecule has 0 atom stereocenters. The summed E-state index contributed by atoms with van der Waals surface area (Å²) < 4.78 is 2.31. The summed E-state index contributed by atoms with van der Waals surface area (Å²) in [6.07, 6.45) is 2.42. The summed E-state index contributed by atoms with van der Waals surface area (Å²) in [5.41, 5.74) is 2.50. The molecule has 11 heavy (non-hydrogen) atoms. The maximum Gasteiger partial charge on any atom is 0.298 e. The first kappa shape index (κ1) is 6.77. The van der Waals surface area contributed by atoms with Crippen molar-refractivity contribution in [2.45, 2.75) is 33.2 Å². The first-order valence-corrected chi connectivity index (χ1v) is 4.14. The van der Waals surface area contributed by atoms with Gasteiger partial charge in [-0.2, -0.15) is 0 Å². The van der Waals surface area contributed by atoms with Crippen molar-refractivity contribution < 1.29 is 4.57 Å². The van der Waals surface area contributed by atoms with Crippen LogP contribution in [0, 0.1) is 13.8 Å². The molecule has 0 saturated heterocycles. The minimum atomic E-state index is 1.15. The van der Waals surface area contributed by atoms with E-state index in [1.54, 1.807) is 0 Å². The standard InChI is InChI=1S/C9H13N2/c1-7-6-8(2)11-5-3-4-9(11)10-7/h6H,3-5H2,1-2H3/q+1. The van der Waals surface area contributed by atoms with E-state index in [0.29, 0.717) is 0 Å². The van der Waals surface area contributed by atoms with E-state index in [4.69, 9.17) is 0 Å². The van der Waals surface area contributed by atoms with Crippen molar-refractivity contribution in [1.29, 1.82) is 0 Å². The van der Waals surface area contributed by atoms with Crippen molar-refractivity contribution in [2.75, 3.05) is 0 Å². The molecule has 1 aliphatic heterocycles. The molecule has 0 amide bonds. The molecule has 0 spiro atoms. The number of nitrogens with zero attached hydrogens (tertiary/aromatic N) is 2. The topological polar surface area (TPSA) is 16.8 Å². The van der Waals surface area contributed by atoms with Gasteiger partial charge in [-0.1, -0.05) is 4.98 Å². The van der Waals surface area contributed by atoms with Crippen LogP contribution in [0.1, 0.15) is 23.6 Å². The molecule has 0 bridgehead atoms. The first-order chi connectivity index (χ1) is 5.27. The zero-order valence-corrected chi connectivity index (χ0v) is 7.09. The van der Waals surface area contributed by atoms with Crippen molar-refractivity contribution in [3.05, 3.63) is 23.3 Å². The first-order valence-electron chi connectivity index (χ1n) is 4.14. The van der Waals surface area contributed by atoms with Gasteiger partial charge in [0.15, 0.2) is 5.69 Å². The Morgan fingerprint density at radius 2 is 2.27 bits per heavy atom. The molecule has 2 rings (SSSR count). The van der Waals surface area contributed by atoms with Gasteiger partial charge in [0.1, 0.15) is 5.69 Å². The Hall–Kier alpha value is -0.920. The molecule has 0 aliphatic carbocycles. The van der Waals surface area contributed by atoms with Crippen molar-refractivity contribution >= 4 is 0 Å². The van der Waals surface area contributed by atoms with Crippen molar-refractivity contribution in [3.63, 3.8) is 0 Å². The lowest BCUT2D eigenvalue weighted by Gasteiger charge is -1.97. The van der Waals surface area contributed by atoms with E-state index in [9.17, 15) is 0 Å². The third-order valence-corrected chi connectivity index (χ3v) is 2.24. The van der Waals surface area contributed by atoms with Crippen LogP contribution >= 0.6 is 0 Å². The van der Waals surface area contributed by atoms with Gasteiger partial charge >= 0.3 is 0 Å². The number of hydrogen-bond acceptors (Lipinski definition) is 1. The summed E-state index contributed by atoms with van der Waals surface area (Å²) in [6, 6.07) is 2.15. The number of aryl methyl sites for hydroxylation is 3. The Morgan fingerprint density at radius 3 is 3.09 bits per heavy atom. The second-order valence-corrected chi connectivity index (χ2v) is 3.21. The fourth-order valence-corrected chi connectivity index (χ4v) is 1.77. The fourth-order valence-electron chi connectivity index (χ4n) is 1.77. The number of fused-ring (bicyclic) bond motifs is 1. The molecule has 1 aromatic rings. The highest BCUT2D eigenvalue weighted by molar-refractivity contribution is 5.03. The van der Waals surface area contributed by atoms with Crippen molar-refractivity contribution in [2.24, 2.45) is 0 Å². The summed E-state index contributed by atoms with van der Waals surface area (Å²) in [7, 11) is 0. The van der Waals surface area contributed by atoms with E-state index in [1.165, 1.54) is 17.9 Å². The molecule has 0 unspecified atom stereocenters. The third-order valence-electron chi connectivity index (χ3n) is 2.24. The van der Waals surface area contributed by atoms with Gasteiger partial charge in [0.25, 0.3) is 5.82 Å². The van der Waals surface area contributed by atoms with Gasteiger partial charge in [0, 0.05) is 13.0 Å². The molecular formula is C9H13N2+. The van der Waals surface area contributed by atoms with Gasteiger partial charge in [0.05, 0.1) is 13.0 Å². The highest BCUT2D eigenvalue weighted by Gasteiger charge is 2.21. The van der Waals surface area contributed by atoms with Crippen molar-refractivity contribution in [3.8, 4) is 0 Å². The minimum absolute atomic E-state index is 1.15. The molecule has 0 fully saturated rings. The van der Waals surface area contributed by atoms with E-state index in [2.05, 4.69) is 29.5 Å². The average Bonchev–Trinajstić information content (AvgIpc) is 2.34. The van der Waals surface area contributed by atoms with Crippen LogP contribution in [0.2, 0.25) is 0 Å². The summed E-state index contributed by atoms with van der Waals surface area (Å²) >= 11 is 0. The smallest absolute Gasteiger partial charge is 0.232 e. The van der Waals surface area contributed by atoms with Crippen LogP contribution in [0.3, 0.4) is 0 Å². The Bertz CT molecular complexity index is 292. The van der Waals surface area contributed by atoms with Crippen LogP contribution in [0.4, 0.5) is 0 Å². The lowest BCUT2D eigenvalue weighted by molar-refractivity contribution is -0.699. The summed E-state index contributed by atoms with van der Waals surface area (Å²) in [5.74, 6) is 1.27. The Labute approximate surface area is 66.9 Å². The molecule has 0 radical (unpaired) electrons. The highest BCUT2D eigenvalue weighted by atomic mass is 15.1. The Balaban J connectivity index is 2.60. The molecule has 1 aliphatic rings. The van der Waals surface area contributed by atoms with Crippen LogP contribution in [0.15, 0.2) is 6.07 Å². The van der Waals surface area contributed by atoms with Gasteiger partial charge in [-0.05, 0) is 13.3 Å². The normalized spacial score (nSPS) is 15.1. The Morgan fingerprint density at radius 1 is 1.45 bits per heavy atom. The van der Waals surface area contributed by atoms with E-state index >= 15 is 0 Å². The Kier molecular flexibility index (Phi) is 1.41. The van der Waals surface area contributed by atoms with Crippen LogP contribution < -0.4 is 4.57 Å². The SMILES string of the molecule is Cc1cc(C)[n+]2c(n1)CCC2. The number of hydrogen-bond donors (Lipinski definition) is 0. The summed E-state index contributed by atoms with van der Waals surface area (Å²) in [6.45, 7) is 5.38. The maximum absolute atomic E-state index is 4.48. The largest absolute Gasteiger partial charge is 0.298 e. The van der Waals surface area contributed by atoms with E-state index in [-0.39, 0.29) is 0 Å². The summed E-state index contributed by atoms with van der Waals surface area (Å²) in [4.78, 5) is 4.48. The predicted molar refractivity (Wildman–Crippen MR) is 42.2 cm³/mol. The van der Waals surface area contributed by atoms with Gasteiger partial charge in [-0.3, -0.25) is 0 Å². The molecule has 58 valence electrons. The van der Waals surface area contributed by atoms with Gasteiger partial charge in [-0.25, -0.2) is 4.57 Å². The van der Waals surface area contributed by atoms with E-state index in [0.717, 1.165) is 18.7 Å². The quantitative estimate of drug-likeness (QED) is 0.501. The molecule has 1 aromatic heterocycles. The molecule has 0 saturated carbocycles.